The molecule has 0 radical (unpaired) electrons. The van der Waals surface area contributed by atoms with Crippen molar-refractivity contribution in [2.24, 2.45) is 10.7 Å². The highest BCUT2D eigenvalue weighted by Crippen LogP contribution is 1.98. The van der Waals surface area contributed by atoms with Crippen molar-refractivity contribution in [3.05, 3.63) is 0 Å². The lowest BCUT2D eigenvalue weighted by molar-refractivity contribution is 0.808. The Balaban J connectivity index is 3.65. The van der Waals surface area contributed by atoms with E-state index in [1.54, 1.807) is 0 Å². The molecular weight excluding hydrogens is 180 g/mol. The predicted octanol–water partition coefficient (Wildman–Crippen LogP) is 2.15. The van der Waals surface area contributed by atoms with E-state index in [9.17, 15) is 0 Å². The lowest BCUT2D eigenvalue weighted by Gasteiger charge is -2.00. The largest absolute Gasteiger partial charge is 0.343 e. The Kier molecular flexibility index (Phi) is 8.30. The molecule has 0 aliphatic heterocycles. The third-order valence-corrected chi connectivity index (χ3v) is 3.68. The smallest absolute Gasteiger partial charge is 0.311 e. The van der Waals surface area contributed by atoms with Crippen LogP contribution in [0.5, 0.6) is 0 Å². The Morgan fingerprint density at radius 3 is 2.38 bits per heavy atom. The highest BCUT2D eigenvalue weighted by Gasteiger charge is 2.15. The van der Waals surface area contributed by atoms with Gasteiger partial charge in [-0.1, -0.05) is 26.7 Å². The summed E-state index contributed by atoms with van der Waals surface area (Å²) in [4.78, 5) is 4.37. The summed E-state index contributed by atoms with van der Waals surface area (Å²) in [6.45, 7) is 5.29. The molecule has 0 fully saturated rings. The van der Waals surface area contributed by atoms with Gasteiger partial charge in [0.2, 0.25) is 0 Å². The molecule has 0 heterocycles. The summed E-state index contributed by atoms with van der Waals surface area (Å²) in [5.41, 5.74) is 5.86. The van der Waals surface area contributed by atoms with Crippen LogP contribution in [0.1, 0.15) is 39.5 Å². The number of aliphatic imine (C=N–C) groups is 1. The third kappa shape index (κ3) is 6.94. The van der Waals surface area contributed by atoms with Gasteiger partial charge in [0.1, 0.15) is 12.0 Å². The predicted molar refractivity (Wildman–Crippen MR) is 64.5 cm³/mol. The van der Waals surface area contributed by atoms with E-state index in [0.29, 0.717) is 0 Å². The molecule has 0 spiro atoms. The molecule has 78 valence electrons. The zero-order valence-electron chi connectivity index (χ0n) is 9.18. The monoisotopic (exact) mass is 203 g/mol. The fourth-order valence-electron chi connectivity index (χ4n) is 0.923. The van der Waals surface area contributed by atoms with Gasteiger partial charge in [0.25, 0.3) is 0 Å². The Hall–Kier alpha value is -0.180. The van der Waals surface area contributed by atoms with Crippen LogP contribution in [0.15, 0.2) is 4.99 Å². The van der Waals surface area contributed by atoms with Gasteiger partial charge >= 0.3 is 5.17 Å². The average Bonchev–Trinajstić information content (AvgIpc) is 2.14. The number of unbranched alkanes of at least 4 members (excludes halogenated alkanes) is 2. The first-order valence-electron chi connectivity index (χ1n) is 5.14. The number of amidine groups is 1. The molecular formula is C10H23N2S+. The van der Waals surface area contributed by atoms with Crippen molar-refractivity contribution in [1.29, 1.82) is 0 Å². The van der Waals surface area contributed by atoms with Gasteiger partial charge in [0.05, 0.1) is 10.9 Å². The second-order valence-corrected chi connectivity index (χ2v) is 5.37. The molecule has 1 atom stereocenters. The highest BCUT2D eigenvalue weighted by molar-refractivity contribution is 8.10. The molecule has 3 heteroatoms. The van der Waals surface area contributed by atoms with Crippen LogP contribution in [-0.4, -0.2) is 23.7 Å². The van der Waals surface area contributed by atoms with Crippen LogP contribution >= 0.6 is 0 Å². The molecule has 0 aliphatic carbocycles. The third-order valence-electron chi connectivity index (χ3n) is 1.94. The summed E-state index contributed by atoms with van der Waals surface area (Å²) in [6, 6.07) is 0. The molecule has 0 aromatic heterocycles. The van der Waals surface area contributed by atoms with E-state index in [1.165, 1.54) is 25.0 Å². The fraction of sp³-hybridized carbons (Fsp3) is 0.900. The molecule has 0 rings (SSSR count). The van der Waals surface area contributed by atoms with Gasteiger partial charge in [-0.2, -0.15) is 0 Å². The lowest BCUT2D eigenvalue weighted by atomic mass is 10.3. The maximum absolute atomic E-state index is 5.86. The molecule has 0 bridgehead atoms. The first kappa shape index (κ1) is 12.8. The van der Waals surface area contributed by atoms with Gasteiger partial charge < -0.3 is 5.73 Å². The van der Waals surface area contributed by atoms with Crippen molar-refractivity contribution in [3.8, 4) is 0 Å². The van der Waals surface area contributed by atoms with E-state index in [-0.39, 0.29) is 10.9 Å². The minimum absolute atomic E-state index is 0.210. The van der Waals surface area contributed by atoms with Gasteiger partial charge in [-0.3, -0.25) is 0 Å². The Bertz CT molecular complexity index is 146. The van der Waals surface area contributed by atoms with Crippen molar-refractivity contribution in [1.82, 2.24) is 0 Å². The van der Waals surface area contributed by atoms with Gasteiger partial charge in [-0.15, -0.1) is 0 Å². The summed E-state index contributed by atoms with van der Waals surface area (Å²) in [6.07, 6.45) is 7.07. The van der Waals surface area contributed by atoms with Crippen molar-refractivity contribution < 1.29 is 0 Å². The summed E-state index contributed by atoms with van der Waals surface area (Å²) < 4.78 is 0. The van der Waals surface area contributed by atoms with Crippen molar-refractivity contribution in [2.75, 3.05) is 18.6 Å². The normalized spacial score (nSPS) is 14.5. The van der Waals surface area contributed by atoms with E-state index < -0.39 is 0 Å². The van der Waals surface area contributed by atoms with E-state index in [1.807, 2.05) is 0 Å². The van der Waals surface area contributed by atoms with Crippen molar-refractivity contribution in [3.63, 3.8) is 0 Å². The van der Waals surface area contributed by atoms with E-state index in [2.05, 4.69) is 25.1 Å². The van der Waals surface area contributed by atoms with Crippen molar-refractivity contribution >= 4 is 16.1 Å². The van der Waals surface area contributed by atoms with E-state index in [4.69, 9.17) is 5.73 Å². The van der Waals surface area contributed by atoms with Crippen LogP contribution in [0.4, 0.5) is 0 Å². The Labute approximate surface area is 85.4 Å². The molecule has 0 aliphatic rings. The lowest BCUT2D eigenvalue weighted by Crippen LogP contribution is -2.26. The first-order valence-corrected chi connectivity index (χ1v) is 6.95. The number of hydrogen-bond donors (Lipinski definition) is 1. The summed E-state index contributed by atoms with van der Waals surface area (Å²) in [7, 11) is 0.210. The van der Waals surface area contributed by atoms with Crippen molar-refractivity contribution in [2.45, 2.75) is 39.5 Å². The first-order chi connectivity index (χ1) is 6.22. The highest BCUT2D eigenvalue weighted by atomic mass is 32.2. The van der Waals surface area contributed by atoms with Gasteiger partial charge in [0.15, 0.2) is 0 Å². The van der Waals surface area contributed by atoms with E-state index >= 15 is 0 Å². The van der Waals surface area contributed by atoms with Crippen LogP contribution in [0.25, 0.3) is 0 Å². The maximum Gasteiger partial charge on any atom is 0.311 e. The zero-order chi connectivity index (χ0) is 10.1. The Morgan fingerprint density at radius 1 is 1.23 bits per heavy atom. The second kappa shape index (κ2) is 8.42. The summed E-state index contributed by atoms with van der Waals surface area (Å²) in [5, 5.41) is 0.877. The van der Waals surface area contributed by atoms with Gasteiger partial charge in [-0.25, -0.2) is 4.99 Å². The molecule has 2 N–H and O–H groups in total. The fourth-order valence-corrected chi connectivity index (χ4v) is 2.17. The van der Waals surface area contributed by atoms with Crippen LogP contribution in [0.3, 0.4) is 0 Å². The molecule has 0 amide bonds. The standard InChI is InChI=1S/C10H23N2S/c1-4-6-8-12-10(11)13(3)9-7-5-2/h4-9H2,1-3H3,(H2,11,12)/q+1. The zero-order valence-corrected chi connectivity index (χ0v) is 9.99. The van der Waals surface area contributed by atoms with Crippen LogP contribution in [-0.2, 0) is 10.9 Å². The minimum Gasteiger partial charge on any atom is -0.343 e. The molecule has 0 saturated heterocycles. The average molecular weight is 203 g/mol. The Morgan fingerprint density at radius 2 is 1.85 bits per heavy atom. The van der Waals surface area contributed by atoms with E-state index in [0.717, 1.165) is 18.1 Å². The van der Waals surface area contributed by atoms with Gasteiger partial charge in [0, 0.05) is 6.54 Å². The topological polar surface area (TPSA) is 38.4 Å². The number of rotatable bonds is 6. The minimum atomic E-state index is 0.210. The second-order valence-electron chi connectivity index (χ2n) is 3.27. The van der Waals surface area contributed by atoms with Crippen LogP contribution in [0, 0.1) is 0 Å². The molecule has 1 unspecified atom stereocenters. The molecule has 2 nitrogen and oxygen atoms in total. The number of nitrogens with zero attached hydrogens (tertiary/aromatic N) is 1. The number of nitrogens with two attached hydrogens (primary N) is 1. The molecule has 0 aromatic rings. The van der Waals surface area contributed by atoms with Gasteiger partial charge in [-0.05, 0) is 12.8 Å². The van der Waals surface area contributed by atoms with Crippen LogP contribution in [0.2, 0.25) is 0 Å². The maximum atomic E-state index is 5.86. The SMILES string of the molecule is CCCCN=C(N)[S+](C)CCCC. The quantitative estimate of drug-likeness (QED) is 0.305. The van der Waals surface area contributed by atoms with Crippen LogP contribution < -0.4 is 5.73 Å². The summed E-state index contributed by atoms with van der Waals surface area (Å²) >= 11 is 0. The molecule has 0 saturated carbocycles. The number of hydrogen-bond acceptors (Lipinski definition) is 1. The molecule has 13 heavy (non-hydrogen) atoms. The molecule has 0 aromatic carbocycles. The summed E-state index contributed by atoms with van der Waals surface area (Å²) in [5.74, 6) is 1.21.